The van der Waals surface area contributed by atoms with Gasteiger partial charge >= 0.3 is 0 Å². The molecule has 1 atom stereocenters. The molecule has 1 unspecified atom stereocenters. The number of nitrogens with zero attached hydrogens (tertiary/aromatic N) is 4. The number of thiophene rings is 1. The Bertz CT molecular complexity index is 1320. The van der Waals surface area contributed by atoms with Crippen molar-refractivity contribution in [3.63, 3.8) is 0 Å². The van der Waals surface area contributed by atoms with Crippen molar-refractivity contribution in [2.75, 3.05) is 38.6 Å². The third-order valence-electron chi connectivity index (χ3n) is 6.81. The summed E-state index contributed by atoms with van der Waals surface area (Å²) in [7, 11) is -2.27. The molecule has 2 aliphatic heterocycles. The van der Waals surface area contributed by atoms with Gasteiger partial charge in [-0.3, -0.25) is 9.69 Å². The monoisotopic (exact) mass is 545 g/mol. The van der Waals surface area contributed by atoms with Gasteiger partial charge in [-0.25, -0.2) is 8.42 Å². The van der Waals surface area contributed by atoms with E-state index in [0.29, 0.717) is 43.6 Å². The first-order chi connectivity index (χ1) is 17.9. The van der Waals surface area contributed by atoms with Crippen molar-refractivity contribution in [3.05, 3.63) is 41.6 Å². The second kappa shape index (κ2) is 11.3. The van der Waals surface area contributed by atoms with Gasteiger partial charge in [0.1, 0.15) is 10.6 Å². The Morgan fingerprint density at radius 3 is 2.78 bits per heavy atom. The highest BCUT2D eigenvalue weighted by Gasteiger charge is 2.31. The zero-order valence-electron chi connectivity index (χ0n) is 20.8. The molecule has 0 aliphatic carbocycles. The number of aromatic nitrogens is 2. The van der Waals surface area contributed by atoms with E-state index in [1.807, 2.05) is 17.5 Å². The number of amides is 1. The normalized spacial score (nSPS) is 19.5. The molecule has 2 fully saturated rings. The van der Waals surface area contributed by atoms with Crippen molar-refractivity contribution in [3.8, 4) is 16.5 Å². The average Bonchev–Trinajstić information content (AvgIpc) is 3.62. The number of anilines is 1. The molecule has 0 bridgehead atoms. The lowest BCUT2D eigenvalue weighted by atomic mass is 9.97. The topological polar surface area (TPSA) is 118 Å². The quantitative estimate of drug-likeness (QED) is 0.454. The maximum Gasteiger partial charge on any atom is 0.246 e. The summed E-state index contributed by atoms with van der Waals surface area (Å²) in [6.07, 6.45) is 4.33. The number of carbonyl (C=O) groups excluding carboxylic acids is 1. The predicted molar refractivity (Wildman–Crippen MR) is 140 cm³/mol. The molecule has 0 saturated carbocycles. The lowest BCUT2D eigenvalue weighted by Crippen LogP contribution is -2.40. The van der Waals surface area contributed by atoms with Gasteiger partial charge in [0.25, 0.3) is 0 Å². The molecule has 3 aromatic rings. The number of benzene rings is 1. The number of rotatable bonds is 8. The first-order valence-electron chi connectivity index (χ1n) is 12.5. The maximum atomic E-state index is 13.3. The first kappa shape index (κ1) is 25.8. The third kappa shape index (κ3) is 5.87. The average molecular weight is 546 g/mol. The SMILES string of the molecule is COc1ccc(NC(=O)C2CCCN(Cc3nc(-c4cccs4)no3)C2)cc1S(=O)(=O)N1CCCCC1. The van der Waals surface area contributed by atoms with E-state index in [9.17, 15) is 13.2 Å². The summed E-state index contributed by atoms with van der Waals surface area (Å²) >= 11 is 1.55. The van der Waals surface area contributed by atoms with E-state index in [2.05, 4.69) is 20.4 Å². The third-order valence-corrected chi connectivity index (χ3v) is 9.59. The van der Waals surface area contributed by atoms with Crippen molar-refractivity contribution in [1.29, 1.82) is 0 Å². The molecule has 4 heterocycles. The molecule has 0 spiro atoms. The van der Waals surface area contributed by atoms with Crippen LogP contribution in [0.25, 0.3) is 10.7 Å². The summed E-state index contributed by atoms with van der Waals surface area (Å²) < 4.78 is 38.9. The number of sulfonamides is 1. The van der Waals surface area contributed by atoms with E-state index in [1.54, 1.807) is 23.5 Å². The van der Waals surface area contributed by atoms with Crippen molar-refractivity contribution < 1.29 is 22.5 Å². The lowest BCUT2D eigenvalue weighted by Gasteiger charge is -2.31. The minimum atomic E-state index is -3.72. The van der Waals surface area contributed by atoms with E-state index in [0.717, 1.165) is 43.5 Å². The van der Waals surface area contributed by atoms with E-state index in [1.165, 1.54) is 17.5 Å². The molecule has 5 rings (SSSR count). The van der Waals surface area contributed by atoms with Crippen molar-refractivity contribution in [2.45, 2.75) is 43.5 Å². The summed E-state index contributed by atoms with van der Waals surface area (Å²) in [5.74, 6) is 0.992. The molecular formula is C25H31N5O5S2. The van der Waals surface area contributed by atoms with Crippen molar-refractivity contribution >= 4 is 33.0 Å². The van der Waals surface area contributed by atoms with Crippen LogP contribution >= 0.6 is 11.3 Å². The summed E-state index contributed by atoms with van der Waals surface area (Å²) in [5.41, 5.74) is 0.441. The molecular weight excluding hydrogens is 514 g/mol. The summed E-state index contributed by atoms with van der Waals surface area (Å²) in [6.45, 7) is 2.85. The van der Waals surface area contributed by atoms with Gasteiger partial charge in [0.2, 0.25) is 27.6 Å². The minimum absolute atomic E-state index is 0.0814. The number of likely N-dealkylation sites (tertiary alicyclic amines) is 1. The molecule has 2 aromatic heterocycles. The second-order valence-corrected chi connectivity index (χ2v) is 12.2. The Morgan fingerprint density at radius 2 is 2.03 bits per heavy atom. The van der Waals surface area contributed by atoms with Crippen LogP contribution in [-0.2, 0) is 21.4 Å². The fourth-order valence-corrected chi connectivity index (χ4v) is 7.22. The number of carbonyl (C=O) groups is 1. The molecule has 0 radical (unpaired) electrons. The highest BCUT2D eigenvalue weighted by atomic mass is 32.2. The Kier molecular flexibility index (Phi) is 7.89. The molecule has 12 heteroatoms. The van der Waals surface area contributed by atoms with E-state index >= 15 is 0 Å². The maximum absolute atomic E-state index is 13.3. The fourth-order valence-electron chi connectivity index (χ4n) is 4.87. The smallest absolute Gasteiger partial charge is 0.246 e. The van der Waals surface area contributed by atoms with E-state index < -0.39 is 10.0 Å². The molecule has 1 aromatic carbocycles. The lowest BCUT2D eigenvalue weighted by molar-refractivity contribution is -0.121. The van der Waals surface area contributed by atoms with Gasteiger partial charge in [0.05, 0.1) is 24.4 Å². The minimum Gasteiger partial charge on any atom is -0.495 e. The second-order valence-electron chi connectivity index (χ2n) is 9.38. The molecule has 1 N–H and O–H groups in total. The van der Waals surface area contributed by atoms with Crippen LogP contribution in [0, 0.1) is 5.92 Å². The van der Waals surface area contributed by atoms with Gasteiger partial charge in [-0.05, 0) is 61.9 Å². The van der Waals surface area contributed by atoms with Crippen LogP contribution in [0.1, 0.15) is 38.0 Å². The highest BCUT2D eigenvalue weighted by Crippen LogP contribution is 2.32. The van der Waals surface area contributed by atoms with Gasteiger partial charge in [-0.15, -0.1) is 11.3 Å². The van der Waals surface area contributed by atoms with Gasteiger partial charge in [0.15, 0.2) is 0 Å². The Balaban J connectivity index is 1.24. The van der Waals surface area contributed by atoms with Gasteiger partial charge in [-0.1, -0.05) is 17.6 Å². The van der Waals surface area contributed by atoms with Crippen molar-refractivity contribution in [1.82, 2.24) is 19.3 Å². The summed E-state index contributed by atoms with van der Waals surface area (Å²) in [4.78, 5) is 20.8. The number of hydrogen-bond acceptors (Lipinski definition) is 9. The first-order valence-corrected chi connectivity index (χ1v) is 14.8. The summed E-state index contributed by atoms with van der Waals surface area (Å²) in [6, 6.07) is 8.67. The van der Waals surface area contributed by atoms with Crippen LogP contribution in [0.5, 0.6) is 5.75 Å². The summed E-state index contributed by atoms with van der Waals surface area (Å²) in [5, 5.41) is 8.96. The fraction of sp³-hybridized carbons (Fsp3) is 0.480. The van der Waals surface area contributed by atoms with Crippen LogP contribution in [0.15, 0.2) is 45.1 Å². The van der Waals surface area contributed by atoms with Gasteiger partial charge in [0, 0.05) is 25.3 Å². The molecule has 2 aliphatic rings. The predicted octanol–water partition coefficient (Wildman–Crippen LogP) is 3.83. The Labute approximate surface area is 220 Å². The van der Waals surface area contributed by atoms with E-state index in [-0.39, 0.29) is 22.5 Å². The number of ether oxygens (including phenoxy) is 1. The van der Waals surface area contributed by atoms with Crippen LogP contribution in [0.4, 0.5) is 5.69 Å². The van der Waals surface area contributed by atoms with Gasteiger partial charge < -0.3 is 14.6 Å². The van der Waals surface area contributed by atoms with Crippen LogP contribution in [-0.4, -0.2) is 67.0 Å². The van der Waals surface area contributed by atoms with Crippen molar-refractivity contribution in [2.24, 2.45) is 5.92 Å². The molecule has 37 heavy (non-hydrogen) atoms. The zero-order valence-corrected chi connectivity index (χ0v) is 22.4. The van der Waals surface area contributed by atoms with Gasteiger partial charge in [-0.2, -0.15) is 9.29 Å². The van der Waals surface area contributed by atoms with Crippen LogP contribution < -0.4 is 10.1 Å². The number of hydrogen-bond donors (Lipinski definition) is 1. The Morgan fingerprint density at radius 1 is 1.19 bits per heavy atom. The standard InChI is InChI=1S/C25H31N5O5S2/c1-34-20-10-9-19(15-22(20)37(32,33)30-12-3-2-4-13-30)26-25(31)18-7-5-11-29(16-18)17-23-27-24(28-35-23)21-8-6-14-36-21/h6,8-10,14-15,18H,2-5,7,11-13,16-17H2,1H3,(H,26,31). The number of methoxy groups -OCH3 is 1. The molecule has 2 saturated heterocycles. The molecule has 1 amide bonds. The highest BCUT2D eigenvalue weighted by molar-refractivity contribution is 7.89. The van der Waals surface area contributed by atoms with Crippen LogP contribution in [0.3, 0.4) is 0 Å². The number of nitrogens with one attached hydrogen (secondary N) is 1. The number of piperidine rings is 2. The largest absolute Gasteiger partial charge is 0.495 e. The molecule has 10 nitrogen and oxygen atoms in total. The molecule has 198 valence electrons. The van der Waals surface area contributed by atoms with Crippen LogP contribution in [0.2, 0.25) is 0 Å². The zero-order chi connectivity index (χ0) is 25.8. The Hall–Kier alpha value is -2.80. The van der Waals surface area contributed by atoms with E-state index in [4.69, 9.17) is 9.26 Å².